The van der Waals surface area contributed by atoms with Crippen LogP contribution in [0.2, 0.25) is 5.02 Å². The maximum Gasteiger partial charge on any atom is 0.270 e. The van der Waals surface area contributed by atoms with Gasteiger partial charge in [0, 0.05) is 34.6 Å². The van der Waals surface area contributed by atoms with Crippen LogP contribution in [-0.2, 0) is 12.8 Å². The topological polar surface area (TPSA) is 70.7 Å². The van der Waals surface area contributed by atoms with Gasteiger partial charge in [-0.25, -0.2) is 0 Å². The number of rotatable bonds is 4. The number of benzene rings is 2. The Morgan fingerprint density at radius 1 is 1.03 bits per heavy atom. The summed E-state index contributed by atoms with van der Waals surface area (Å²) in [6, 6.07) is 15.9. The Balaban J connectivity index is 1.33. The first-order valence-corrected chi connectivity index (χ1v) is 11.5. The highest BCUT2D eigenvalue weighted by molar-refractivity contribution is 6.30. The number of carbonyl (C=O) groups excluding carboxylic acids is 1. The second-order valence-corrected chi connectivity index (χ2v) is 9.10. The van der Waals surface area contributed by atoms with Crippen LogP contribution in [0, 0.1) is 13.8 Å². The molecule has 0 bridgehead atoms. The van der Waals surface area contributed by atoms with Crippen LogP contribution < -0.4 is 5.32 Å². The van der Waals surface area contributed by atoms with Crippen LogP contribution in [-0.4, -0.2) is 27.1 Å². The molecular formula is C27H25ClN4O. The number of aryl methyl sites for hydroxylation is 2. The molecule has 5 nitrogen and oxygen atoms in total. The number of H-pyrrole nitrogens is 1. The van der Waals surface area contributed by atoms with E-state index in [1.54, 1.807) is 18.5 Å². The summed E-state index contributed by atoms with van der Waals surface area (Å²) in [6.07, 6.45) is 6.16. The quantitative estimate of drug-likeness (QED) is 0.414. The highest BCUT2D eigenvalue weighted by Crippen LogP contribution is 2.33. The Bertz CT molecular complexity index is 1310. The van der Waals surface area contributed by atoms with Crippen LogP contribution in [0.4, 0.5) is 0 Å². The zero-order valence-corrected chi connectivity index (χ0v) is 19.4. The van der Waals surface area contributed by atoms with E-state index in [1.165, 1.54) is 16.7 Å². The fourth-order valence-electron chi connectivity index (χ4n) is 4.74. The van der Waals surface area contributed by atoms with Crippen molar-refractivity contribution in [1.29, 1.82) is 0 Å². The van der Waals surface area contributed by atoms with Gasteiger partial charge in [-0.15, -0.1) is 0 Å². The van der Waals surface area contributed by atoms with E-state index in [4.69, 9.17) is 11.6 Å². The lowest BCUT2D eigenvalue weighted by molar-refractivity contribution is 0.0928. The maximum atomic E-state index is 13.0. The number of nitrogens with one attached hydrogen (secondary N) is 2. The van der Waals surface area contributed by atoms with Gasteiger partial charge in [0.05, 0.1) is 5.69 Å². The van der Waals surface area contributed by atoms with Crippen molar-refractivity contribution in [1.82, 2.24) is 20.5 Å². The molecule has 4 aromatic rings. The minimum atomic E-state index is -0.140. The van der Waals surface area contributed by atoms with Crippen LogP contribution in [0.3, 0.4) is 0 Å². The van der Waals surface area contributed by atoms with E-state index in [1.807, 2.05) is 37.3 Å². The summed E-state index contributed by atoms with van der Waals surface area (Å²) < 4.78 is 0. The average molecular weight is 457 g/mol. The van der Waals surface area contributed by atoms with Crippen molar-refractivity contribution in [2.45, 2.75) is 39.2 Å². The zero-order valence-electron chi connectivity index (χ0n) is 18.7. The Morgan fingerprint density at radius 2 is 1.88 bits per heavy atom. The maximum absolute atomic E-state index is 13.0. The van der Waals surface area contributed by atoms with E-state index in [-0.39, 0.29) is 11.9 Å². The van der Waals surface area contributed by atoms with E-state index in [0.717, 1.165) is 47.2 Å². The zero-order chi connectivity index (χ0) is 22.9. The summed E-state index contributed by atoms with van der Waals surface area (Å²) in [5.41, 5.74) is 9.66. The van der Waals surface area contributed by atoms with E-state index in [0.29, 0.717) is 10.7 Å². The summed E-state index contributed by atoms with van der Waals surface area (Å²) >= 11 is 6.07. The number of halogens is 1. The molecule has 0 unspecified atom stereocenters. The van der Waals surface area contributed by atoms with Crippen LogP contribution in [0.15, 0.2) is 60.9 Å². The number of hydrogen-bond acceptors (Lipinski definition) is 3. The molecule has 2 N–H and O–H groups in total. The molecule has 0 saturated heterocycles. The second kappa shape index (κ2) is 8.83. The van der Waals surface area contributed by atoms with Crippen LogP contribution in [0.5, 0.6) is 0 Å². The Morgan fingerprint density at radius 3 is 2.61 bits per heavy atom. The largest absolute Gasteiger partial charge is 0.348 e. The lowest BCUT2D eigenvalue weighted by Crippen LogP contribution is -2.39. The molecule has 166 valence electrons. The fourth-order valence-corrected chi connectivity index (χ4v) is 4.96. The van der Waals surface area contributed by atoms with Gasteiger partial charge in [-0.2, -0.15) is 5.10 Å². The molecule has 0 fully saturated rings. The van der Waals surface area contributed by atoms with Crippen molar-refractivity contribution in [3.05, 3.63) is 93.9 Å². The lowest BCUT2D eigenvalue weighted by Gasteiger charge is -2.28. The number of aromatic amines is 1. The molecule has 0 spiro atoms. The minimum absolute atomic E-state index is 0.0634. The van der Waals surface area contributed by atoms with Gasteiger partial charge in [-0.1, -0.05) is 35.9 Å². The molecule has 0 aliphatic heterocycles. The van der Waals surface area contributed by atoms with Gasteiger partial charge in [-0.05, 0) is 85.2 Å². The fraction of sp³-hybridized carbons (Fsp3) is 0.222. The van der Waals surface area contributed by atoms with Gasteiger partial charge in [-0.3, -0.25) is 14.9 Å². The Kier molecular flexibility index (Phi) is 5.73. The molecule has 2 aromatic carbocycles. The predicted molar refractivity (Wildman–Crippen MR) is 131 cm³/mol. The standard InChI is InChI=1S/C27H25ClN4O/c1-16-3-7-23(25-11-12-30-32-25)24-14-20(6-9-22(16)24)31-27(33)26-10-4-18(15-29-26)21-8-5-19(28)13-17(21)2/h3-5,7-8,10-13,15,20H,6,9,14H2,1-2H3,(H,30,32)(H,31,33)/t20-/m0/s1. The van der Waals surface area contributed by atoms with Gasteiger partial charge < -0.3 is 5.32 Å². The van der Waals surface area contributed by atoms with E-state index < -0.39 is 0 Å². The summed E-state index contributed by atoms with van der Waals surface area (Å²) in [5, 5.41) is 11.1. The van der Waals surface area contributed by atoms with Crippen LogP contribution >= 0.6 is 11.6 Å². The number of hydrogen-bond donors (Lipinski definition) is 2. The minimum Gasteiger partial charge on any atom is -0.348 e. The number of nitrogens with zero attached hydrogens (tertiary/aromatic N) is 2. The number of pyridine rings is 1. The van der Waals surface area contributed by atoms with Crippen LogP contribution in [0.1, 0.15) is 39.2 Å². The number of aromatic nitrogens is 3. The first kappa shape index (κ1) is 21.4. The number of fused-ring (bicyclic) bond motifs is 1. The van der Waals surface area contributed by atoms with Crippen molar-refractivity contribution < 1.29 is 4.79 Å². The highest BCUT2D eigenvalue weighted by Gasteiger charge is 2.25. The molecule has 33 heavy (non-hydrogen) atoms. The molecule has 2 aromatic heterocycles. The molecule has 6 heteroatoms. The third-order valence-electron chi connectivity index (χ3n) is 6.48. The lowest BCUT2D eigenvalue weighted by atomic mass is 9.82. The molecule has 1 aliphatic carbocycles. The number of amides is 1. The van der Waals surface area contributed by atoms with Gasteiger partial charge in [0.25, 0.3) is 5.91 Å². The van der Waals surface area contributed by atoms with E-state index >= 15 is 0 Å². The third-order valence-corrected chi connectivity index (χ3v) is 6.72. The number of carbonyl (C=O) groups is 1. The smallest absolute Gasteiger partial charge is 0.270 e. The molecule has 2 heterocycles. The molecule has 5 rings (SSSR count). The average Bonchev–Trinajstić information content (AvgIpc) is 3.34. The summed E-state index contributed by atoms with van der Waals surface area (Å²) in [5.74, 6) is -0.140. The monoisotopic (exact) mass is 456 g/mol. The highest BCUT2D eigenvalue weighted by atomic mass is 35.5. The first-order chi connectivity index (χ1) is 16.0. The van der Waals surface area contributed by atoms with Crippen molar-refractivity contribution >= 4 is 17.5 Å². The Labute approximate surface area is 198 Å². The van der Waals surface area contributed by atoms with Gasteiger partial charge in [0.15, 0.2) is 0 Å². The summed E-state index contributed by atoms with van der Waals surface area (Å²) in [6.45, 7) is 4.17. The van der Waals surface area contributed by atoms with Crippen molar-refractivity contribution in [3.8, 4) is 22.4 Å². The summed E-state index contributed by atoms with van der Waals surface area (Å²) in [4.78, 5) is 17.4. The first-order valence-electron chi connectivity index (χ1n) is 11.1. The van der Waals surface area contributed by atoms with Crippen molar-refractivity contribution in [3.63, 3.8) is 0 Å². The normalized spacial score (nSPS) is 15.2. The molecule has 1 atom stereocenters. The Hall–Kier alpha value is -3.44. The summed E-state index contributed by atoms with van der Waals surface area (Å²) in [7, 11) is 0. The van der Waals surface area contributed by atoms with Crippen LogP contribution in [0.25, 0.3) is 22.4 Å². The predicted octanol–water partition coefficient (Wildman–Crippen LogP) is 5.70. The van der Waals surface area contributed by atoms with Gasteiger partial charge in [0.2, 0.25) is 0 Å². The van der Waals surface area contributed by atoms with E-state index in [9.17, 15) is 4.79 Å². The second-order valence-electron chi connectivity index (χ2n) is 8.66. The molecule has 1 aliphatic rings. The van der Waals surface area contributed by atoms with Gasteiger partial charge in [0.1, 0.15) is 5.69 Å². The SMILES string of the molecule is Cc1cc(Cl)ccc1-c1ccc(C(=O)N[C@H]2CCc3c(C)ccc(-c4ccn[nH]4)c3C2)nc1. The third kappa shape index (κ3) is 4.29. The van der Waals surface area contributed by atoms with Crippen molar-refractivity contribution in [2.75, 3.05) is 0 Å². The molecular weight excluding hydrogens is 432 g/mol. The molecule has 0 saturated carbocycles. The van der Waals surface area contributed by atoms with Gasteiger partial charge >= 0.3 is 0 Å². The molecule has 0 radical (unpaired) electrons. The van der Waals surface area contributed by atoms with Crippen molar-refractivity contribution in [2.24, 2.45) is 0 Å². The molecule has 1 amide bonds. The van der Waals surface area contributed by atoms with E-state index in [2.05, 4.69) is 39.6 Å².